The second kappa shape index (κ2) is 5.74. The molecular formula is C9H11BrF2N2O2S. The molecule has 96 valence electrons. The van der Waals surface area contributed by atoms with E-state index in [4.69, 9.17) is 0 Å². The molecule has 1 rings (SSSR count). The molecule has 0 spiro atoms. The molecule has 0 aliphatic carbocycles. The third-order valence-corrected chi connectivity index (χ3v) is 3.30. The Morgan fingerprint density at radius 1 is 1.29 bits per heavy atom. The molecule has 0 saturated carbocycles. The summed E-state index contributed by atoms with van der Waals surface area (Å²) in [5.74, 6) is -1.97. The van der Waals surface area contributed by atoms with Crippen molar-refractivity contribution in [2.24, 2.45) is 0 Å². The van der Waals surface area contributed by atoms with Crippen LogP contribution in [0.5, 0.6) is 0 Å². The molecule has 0 unspecified atom stereocenters. The molecule has 0 fully saturated rings. The molecule has 1 aromatic rings. The number of benzene rings is 1. The summed E-state index contributed by atoms with van der Waals surface area (Å²) in [5, 5.41) is 0. The molecule has 2 N–H and O–H groups in total. The van der Waals surface area contributed by atoms with Gasteiger partial charge in [0.25, 0.3) is 10.2 Å². The Bertz CT molecular complexity index is 485. The van der Waals surface area contributed by atoms with Gasteiger partial charge in [-0.15, -0.1) is 0 Å². The van der Waals surface area contributed by atoms with Crippen LogP contribution >= 0.6 is 15.9 Å². The van der Waals surface area contributed by atoms with Gasteiger partial charge in [-0.2, -0.15) is 13.1 Å². The lowest BCUT2D eigenvalue weighted by atomic mass is 10.3. The quantitative estimate of drug-likeness (QED) is 0.871. The molecule has 0 aliphatic heterocycles. The van der Waals surface area contributed by atoms with Crippen molar-refractivity contribution in [2.45, 2.75) is 13.3 Å². The molecule has 0 bridgehead atoms. The third kappa shape index (κ3) is 4.21. The Morgan fingerprint density at radius 3 is 2.29 bits per heavy atom. The summed E-state index contributed by atoms with van der Waals surface area (Å²) in [6.45, 7) is 1.96. The van der Waals surface area contributed by atoms with Gasteiger partial charge in [0.15, 0.2) is 11.6 Å². The second-order valence-corrected chi connectivity index (χ2v) is 5.66. The van der Waals surface area contributed by atoms with Crippen molar-refractivity contribution in [1.82, 2.24) is 4.72 Å². The molecule has 0 amide bonds. The van der Waals surface area contributed by atoms with E-state index in [2.05, 4.69) is 20.7 Å². The average Bonchev–Trinajstić information content (AvgIpc) is 2.21. The minimum Gasteiger partial charge on any atom is -0.265 e. The van der Waals surface area contributed by atoms with Crippen LogP contribution in [0.15, 0.2) is 16.6 Å². The zero-order chi connectivity index (χ0) is 13.1. The SMILES string of the molecule is CCCNS(=O)(=O)Nc1c(F)cc(Br)cc1F. The fourth-order valence-corrected chi connectivity index (χ4v) is 2.46. The van der Waals surface area contributed by atoms with Crippen LogP contribution in [-0.2, 0) is 10.2 Å². The zero-order valence-electron chi connectivity index (χ0n) is 8.93. The van der Waals surface area contributed by atoms with Gasteiger partial charge in [0.2, 0.25) is 0 Å². The third-order valence-electron chi connectivity index (χ3n) is 1.79. The van der Waals surface area contributed by atoms with Crippen LogP contribution in [0.4, 0.5) is 14.5 Å². The molecule has 0 radical (unpaired) electrons. The highest BCUT2D eigenvalue weighted by Crippen LogP contribution is 2.24. The van der Waals surface area contributed by atoms with Crippen LogP contribution in [0.1, 0.15) is 13.3 Å². The van der Waals surface area contributed by atoms with Crippen molar-refractivity contribution in [3.8, 4) is 0 Å². The van der Waals surface area contributed by atoms with Crippen molar-refractivity contribution < 1.29 is 17.2 Å². The molecule has 0 aromatic heterocycles. The Kier molecular flexibility index (Phi) is 4.84. The monoisotopic (exact) mass is 328 g/mol. The van der Waals surface area contributed by atoms with Crippen molar-refractivity contribution in [1.29, 1.82) is 0 Å². The van der Waals surface area contributed by atoms with Crippen LogP contribution in [0, 0.1) is 11.6 Å². The van der Waals surface area contributed by atoms with Crippen molar-refractivity contribution in [2.75, 3.05) is 11.3 Å². The first-order valence-electron chi connectivity index (χ1n) is 4.77. The number of hydrogen-bond acceptors (Lipinski definition) is 2. The van der Waals surface area contributed by atoms with E-state index < -0.39 is 27.5 Å². The van der Waals surface area contributed by atoms with Gasteiger partial charge in [-0.25, -0.2) is 8.78 Å². The molecule has 0 aliphatic rings. The fourth-order valence-electron chi connectivity index (χ4n) is 1.05. The molecule has 17 heavy (non-hydrogen) atoms. The molecule has 0 saturated heterocycles. The van der Waals surface area contributed by atoms with Crippen LogP contribution in [0.2, 0.25) is 0 Å². The molecule has 4 nitrogen and oxygen atoms in total. The lowest BCUT2D eigenvalue weighted by molar-refractivity contribution is 0.575. The lowest BCUT2D eigenvalue weighted by Crippen LogP contribution is -2.31. The van der Waals surface area contributed by atoms with Gasteiger partial charge in [0.1, 0.15) is 5.69 Å². The molecule has 1 aromatic carbocycles. The predicted molar refractivity (Wildman–Crippen MR) is 64.9 cm³/mol. The maximum absolute atomic E-state index is 13.3. The topological polar surface area (TPSA) is 58.2 Å². The van der Waals surface area contributed by atoms with E-state index in [1.54, 1.807) is 6.92 Å². The van der Waals surface area contributed by atoms with Gasteiger partial charge in [-0.3, -0.25) is 4.72 Å². The highest BCUT2D eigenvalue weighted by atomic mass is 79.9. The lowest BCUT2D eigenvalue weighted by Gasteiger charge is -2.10. The smallest absolute Gasteiger partial charge is 0.265 e. The number of anilines is 1. The largest absolute Gasteiger partial charge is 0.299 e. The predicted octanol–water partition coefficient (Wildman–Crippen LogP) is 2.38. The van der Waals surface area contributed by atoms with Gasteiger partial charge in [-0.05, 0) is 18.6 Å². The maximum atomic E-state index is 13.3. The Morgan fingerprint density at radius 2 is 1.82 bits per heavy atom. The average molecular weight is 329 g/mol. The van der Waals surface area contributed by atoms with Crippen molar-refractivity contribution >= 4 is 31.8 Å². The van der Waals surface area contributed by atoms with Crippen LogP contribution in [0.25, 0.3) is 0 Å². The van der Waals surface area contributed by atoms with E-state index in [1.807, 2.05) is 4.72 Å². The summed E-state index contributed by atoms with van der Waals surface area (Å²) in [5.41, 5.74) is -0.697. The van der Waals surface area contributed by atoms with Gasteiger partial charge in [0, 0.05) is 11.0 Å². The molecular weight excluding hydrogens is 318 g/mol. The summed E-state index contributed by atoms with van der Waals surface area (Å²) in [6, 6.07) is 1.95. The van der Waals surface area contributed by atoms with E-state index in [0.29, 0.717) is 6.42 Å². The molecule has 0 atom stereocenters. The van der Waals surface area contributed by atoms with Crippen LogP contribution in [0.3, 0.4) is 0 Å². The summed E-state index contributed by atoms with van der Waals surface area (Å²) in [7, 11) is -3.95. The van der Waals surface area contributed by atoms with E-state index in [1.165, 1.54) is 0 Å². The van der Waals surface area contributed by atoms with Crippen LogP contribution in [-0.4, -0.2) is 15.0 Å². The van der Waals surface area contributed by atoms with Gasteiger partial charge in [-0.1, -0.05) is 22.9 Å². The number of rotatable bonds is 5. The zero-order valence-corrected chi connectivity index (χ0v) is 11.3. The highest BCUT2D eigenvalue weighted by Gasteiger charge is 2.16. The first-order valence-corrected chi connectivity index (χ1v) is 7.05. The maximum Gasteiger partial charge on any atom is 0.299 e. The molecule has 8 heteroatoms. The summed E-state index contributed by atoms with van der Waals surface area (Å²) in [6.07, 6.45) is 0.576. The van der Waals surface area contributed by atoms with Crippen LogP contribution < -0.4 is 9.44 Å². The normalized spacial score (nSPS) is 11.5. The highest BCUT2D eigenvalue weighted by molar-refractivity contribution is 9.10. The number of nitrogens with one attached hydrogen (secondary N) is 2. The van der Waals surface area contributed by atoms with E-state index in [9.17, 15) is 17.2 Å². The number of halogens is 3. The second-order valence-electron chi connectivity index (χ2n) is 3.24. The fraction of sp³-hybridized carbons (Fsp3) is 0.333. The van der Waals surface area contributed by atoms with Crippen molar-refractivity contribution in [3.05, 3.63) is 28.2 Å². The summed E-state index contributed by atoms with van der Waals surface area (Å²) >= 11 is 2.90. The molecule has 0 heterocycles. The van der Waals surface area contributed by atoms with E-state index in [-0.39, 0.29) is 11.0 Å². The standard InChI is InChI=1S/C9H11BrF2N2O2S/c1-2-3-13-17(15,16)14-9-7(11)4-6(10)5-8(9)12/h4-5,13-14H,2-3H2,1H3. The van der Waals surface area contributed by atoms with Gasteiger partial charge in [0.05, 0.1) is 0 Å². The minimum absolute atomic E-state index is 0.190. The number of hydrogen-bond donors (Lipinski definition) is 2. The Labute approximate surface area is 107 Å². The minimum atomic E-state index is -3.95. The van der Waals surface area contributed by atoms with Gasteiger partial charge < -0.3 is 0 Å². The summed E-state index contributed by atoms with van der Waals surface area (Å²) in [4.78, 5) is 0. The Balaban J connectivity index is 2.96. The van der Waals surface area contributed by atoms with Crippen molar-refractivity contribution in [3.63, 3.8) is 0 Å². The van der Waals surface area contributed by atoms with Gasteiger partial charge >= 0.3 is 0 Å². The Hall–Kier alpha value is -0.730. The first-order chi connectivity index (χ1) is 7.85. The summed E-state index contributed by atoms with van der Waals surface area (Å²) < 4.78 is 53.6. The van der Waals surface area contributed by atoms with E-state index in [0.717, 1.165) is 12.1 Å². The first kappa shape index (κ1) is 14.3. The van der Waals surface area contributed by atoms with E-state index >= 15 is 0 Å².